The van der Waals surface area contributed by atoms with Crippen molar-refractivity contribution in [2.75, 3.05) is 27.4 Å². The minimum atomic E-state index is -0.0270. The quantitative estimate of drug-likeness (QED) is 0.496. The first kappa shape index (κ1) is 21.4. The number of nitrogens with zero attached hydrogens (tertiary/aromatic N) is 2. The summed E-state index contributed by atoms with van der Waals surface area (Å²) >= 11 is 3.62. The van der Waals surface area contributed by atoms with Crippen LogP contribution in [0.15, 0.2) is 76.2 Å². The van der Waals surface area contributed by atoms with E-state index in [2.05, 4.69) is 51.2 Å². The Balaban J connectivity index is 1.91. The SMILES string of the molecule is COc1ccc(C2=Nc3ccc(Br)cc3C(c3ccccc3)N2CCCO)cc1OC. The molecule has 0 amide bonds. The summed E-state index contributed by atoms with van der Waals surface area (Å²) < 4.78 is 12.0. The lowest BCUT2D eigenvalue weighted by Gasteiger charge is -2.39. The predicted octanol–water partition coefficient (Wildman–Crippen LogP) is 5.33. The summed E-state index contributed by atoms with van der Waals surface area (Å²) in [6.07, 6.45) is 0.638. The first-order valence-corrected chi connectivity index (χ1v) is 11.0. The van der Waals surface area contributed by atoms with E-state index in [0.29, 0.717) is 24.5 Å². The molecule has 1 heterocycles. The molecule has 160 valence electrons. The Kier molecular flexibility index (Phi) is 6.59. The average Bonchev–Trinajstić information content (AvgIpc) is 2.82. The third kappa shape index (κ3) is 4.31. The molecule has 1 atom stereocenters. The van der Waals surface area contributed by atoms with Crippen LogP contribution in [0.3, 0.4) is 0 Å². The van der Waals surface area contributed by atoms with Gasteiger partial charge in [0.15, 0.2) is 11.5 Å². The van der Waals surface area contributed by atoms with Crippen LogP contribution in [-0.4, -0.2) is 43.2 Å². The first-order chi connectivity index (χ1) is 15.2. The highest BCUT2D eigenvalue weighted by atomic mass is 79.9. The molecule has 1 aliphatic heterocycles. The molecule has 1 aliphatic rings. The number of halogens is 1. The Morgan fingerprint density at radius 2 is 1.74 bits per heavy atom. The van der Waals surface area contributed by atoms with Crippen LogP contribution in [0.5, 0.6) is 11.5 Å². The smallest absolute Gasteiger partial charge is 0.161 e. The van der Waals surface area contributed by atoms with Crippen LogP contribution in [0.25, 0.3) is 0 Å². The van der Waals surface area contributed by atoms with Gasteiger partial charge in [0.1, 0.15) is 5.84 Å². The lowest BCUT2D eigenvalue weighted by atomic mass is 9.92. The number of amidine groups is 1. The molecule has 0 spiro atoms. The van der Waals surface area contributed by atoms with Crippen molar-refractivity contribution in [3.63, 3.8) is 0 Å². The van der Waals surface area contributed by atoms with Gasteiger partial charge in [-0.1, -0.05) is 46.3 Å². The number of methoxy groups -OCH3 is 2. The van der Waals surface area contributed by atoms with Gasteiger partial charge in [-0.2, -0.15) is 0 Å². The highest BCUT2D eigenvalue weighted by Crippen LogP contribution is 2.42. The Hall–Kier alpha value is -2.83. The van der Waals surface area contributed by atoms with E-state index in [1.54, 1.807) is 14.2 Å². The third-order valence-electron chi connectivity index (χ3n) is 5.41. The second kappa shape index (κ2) is 9.54. The van der Waals surface area contributed by atoms with E-state index in [0.717, 1.165) is 27.1 Å². The van der Waals surface area contributed by atoms with E-state index in [1.165, 1.54) is 5.56 Å². The molecule has 3 aromatic carbocycles. The molecule has 1 unspecified atom stereocenters. The fourth-order valence-corrected chi connectivity index (χ4v) is 4.37. The van der Waals surface area contributed by atoms with Gasteiger partial charge < -0.3 is 19.5 Å². The van der Waals surface area contributed by atoms with Crippen molar-refractivity contribution in [3.05, 3.63) is 87.9 Å². The van der Waals surface area contributed by atoms with Crippen molar-refractivity contribution >= 4 is 27.5 Å². The predicted molar refractivity (Wildman–Crippen MR) is 127 cm³/mol. The van der Waals surface area contributed by atoms with Crippen molar-refractivity contribution < 1.29 is 14.6 Å². The maximum absolute atomic E-state index is 9.59. The van der Waals surface area contributed by atoms with Crippen molar-refractivity contribution in [1.29, 1.82) is 0 Å². The van der Waals surface area contributed by atoms with Gasteiger partial charge in [0.25, 0.3) is 0 Å². The number of ether oxygens (including phenoxy) is 2. The van der Waals surface area contributed by atoms with Crippen LogP contribution in [0.1, 0.15) is 29.2 Å². The standard InChI is InChI=1S/C25H25BrN2O3/c1-30-22-12-9-18(15-23(22)31-2)25-27-21-11-10-19(26)16-20(21)24(28(25)13-6-14-29)17-7-4-3-5-8-17/h3-5,7-12,15-16,24,29H,6,13-14H2,1-2H3. The molecular formula is C25H25BrN2O3. The van der Waals surface area contributed by atoms with Crippen molar-refractivity contribution in [1.82, 2.24) is 4.90 Å². The van der Waals surface area contributed by atoms with E-state index < -0.39 is 0 Å². The van der Waals surface area contributed by atoms with Gasteiger partial charge in [0.2, 0.25) is 0 Å². The molecule has 4 rings (SSSR count). The van der Waals surface area contributed by atoms with E-state index in [4.69, 9.17) is 14.5 Å². The minimum Gasteiger partial charge on any atom is -0.493 e. The van der Waals surface area contributed by atoms with Gasteiger partial charge in [0, 0.05) is 28.8 Å². The van der Waals surface area contributed by atoms with Crippen LogP contribution in [0.4, 0.5) is 5.69 Å². The Bertz CT molecular complexity index is 1090. The van der Waals surface area contributed by atoms with Gasteiger partial charge >= 0.3 is 0 Å². The molecule has 0 bridgehead atoms. The molecule has 0 aromatic heterocycles. The fourth-order valence-electron chi connectivity index (χ4n) is 3.99. The zero-order chi connectivity index (χ0) is 21.8. The molecule has 0 saturated heterocycles. The largest absolute Gasteiger partial charge is 0.493 e. The van der Waals surface area contributed by atoms with Crippen molar-refractivity contribution in [2.24, 2.45) is 4.99 Å². The van der Waals surface area contributed by atoms with Crippen LogP contribution in [0, 0.1) is 0 Å². The molecule has 0 radical (unpaired) electrons. The van der Waals surface area contributed by atoms with Gasteiger partial charge in [-0.25, -0.2) is 4.99 Å². The molecular weight excluding hydrogens is 456 g/mol. The number of aliphatic hydroxyl groups is 1. The number of aliphatic imine (C=N–C) groups is 1. The lowest BCUT2D eigenvalue weighted by molar-refractivity contribution is 0.254. The summed E-state index contributed by atoms with van der Waals surface area (Å²) in [6, 6.07) is 22.4. The summed E-state index contributed by atoms with van der Waals surface area (Å²) in [6.45, 7) is 0.776. The van der Waals surface area contributed by atoms with Gasteiger partial charge in [-0.05, 0) is 48.4 Å². The van der Waals surface area contributed by atoms with E-state index in [1.807, 2.05) is 36.4 Å². The fraction of sp³-hybridized carbons (Fsp3) is 0.240. The number of benzene rings is 3. The average molecular weight is 481 g/mol. The zero-order valence-corrected chi connectivity index (χ0v) is 19.2. The highest BCUT2D eigenvalue weighted by molar-refractivity contribution is 9.10. The number of fused-ring (bicyclic) bond motifs is 1. The van der Waals surface area contributed by atoms with Crippen LogP contribution < -0.4 is 9.47 Å². The van der Waals surface area contributed by atoms with E-state index in [9.17, 15) is 5.11 Å². The molecule has 0 saturated carbocycles. The monoisotopic (exact) mass is 480 g/mol. The summed E-state index contributed by atoms with van der Waals surface area (Å²) in [7, 11) is 3.26. The highest BCUT2D eigenvalue weighted by Gasteiger charge is 2.32. The topological polar surface area (TPSA) is 54.3 Å². The summed E-state index contributed by atoms with van der Waals surface area (Å²) in [5, 5.41) is 9.59. The number of hydrogen-bond donors (Lipinski definition) is 1. The van der Waals surface area contributed by atoms with Gasteiger partial charge in [-0.3, -0.25) is 0 Å². The summed E-state index contributed by atoms with van der Waals surface area (Å²) in [4.78, 5) is 7.31. The van der Waals surface area contributed by atoms with Gasteiger partial charge in [0.05, 0.1) is 25.9 Å². The van der Waals surface area contributed by atoms with Crippen molar-refractivity contribution in [2.45, 2.75) is 12.5 Å². The molecule has 3 aromatic rings. The molecule has 31 heavy (non-hydrogen) atoms. The molecule has 6 heteroatoms. The maximum Gasteiger partial charge on any atom is 0.161 e. The molecule has 5 nitrogen and oxygen atoms in total. The Labute approximate surface area is 191 Å². The van der Waals surface area contributed by atoms with Crippen LogP contribution in [-0.2, 0) is 0 Å². The number of hydrogen-bond acceptors (Lipinski definition) is 5. The first-order valence-electron chi connectivity index (χ1n) is 10.2. The Morgan fingerprint density at radius 3 is 2.45 bits per heavy atom. The van der Waals surface area contributed by atoms with Gasteiger partial charge in [-0.15, -0.1) is 0 Å². The number of rotatable bonds is 7. The van der Waals surface area contributed by atoms with E-state index in [-0.39, 0.29) is 12.6 Å². The summed E-state index contributed by atoms with van der Waals surface area (Å²) in [5.74, 6) is 2.18. The summed E-state index contributed by atoms with van der Waals surface area (Å²) in [5.41, 5.74) is 4.17. The Morgan fingerprint density at radius 1 is 0.968 bits per heavy atom. The third-order valence-corrected chi connectivity index (χ3v) is 5.90. The number of aliphatic hydroxyl groups excluding tert-OH is 1. The zero-order valence-electron chi connectivity index (χ0n) is 17.6. The molecule has 0 fully saturated rings. The van der Waals surface area contributed by atoms with Crippen molar-refractivity contribution in [3.8, 4) is 11.5 Å². The molecule has 0 aliphatic carbocycles. The normalized spacial score (nSPS) is 15.3. The second-order valence-electron chi connectivity index (χ2n) is 7.29. The maximum atomic E-state index is 9.59. The van der Waals surface area contributed by atoms with E-state index >= 15 is 0 Å². The van der Waals surface area contributed by atoms with Crippen LogP contribution in [0.2, 0.25) is 0 Å². The lowest BCUT2D eigenvalue weighted by Crippen LogP contribution is -2.39. The second-order valence-corrected chi connectivity index (χ2v) is 8.21. The molecule has 1 N–H and O–H groups in total. The van der Waals surface area contributed by atoms with Crippen LogP contribution >= 0.6 is 15.9 Å². The minimum absolute atomic E-state index is 0.0270.